The number of hydrogen-bond acceptors (Lipinski definition) is 4. The molecular formula is C22H28O3S. The van der Waals surface area contributed by atoms with E-state index in [4.69, 9.17) is 14.2 Å². The molecule has 0 unspecified atom stereocenters. The summed E-state index contributed by atoms with van der Waals surface area (Å²) in [7, 11) is 0. The Kier molecular flexibility index (Phi) is 7.56. The van der Waals surface area contributed by atoms with Gasteiger partial charge in [-0.05, 0) is 23.8 Å². The molecule has 0 radical (unpaired) electrons. The molecule has 2 aromatic carbocycles. The summed E-state index contributed by atoms with van der Waals surface area (Å²) in [4.78, 5) is 0. The van der Waals surface area contributed by atoms with Gasteiger partial charge in [0.25, 0.3) is 0 Å². The molecule has 140 valence electrons. The van der Waals surface area contributed by atoms with Gasteiger partial charge in [0.05, 0.1) is 31.5 Å². The Hall–Kier alpha value is -1.33. The lowest BCUT2D eigenvalue weighted by Crippen LogP contribution is -2.46. The van der Waals surface area contributed by atoms with Crippen LogP contribution in [-0.2, 0) is 27.4 Å². The maximum atomic E-state index is 6.24. The highest BCUT2D eigenvalue weighted by Gasteiger charge is 2.37. The average molecular weight is 373 g/mol. The summed E-state index contributed by atoms with van der Waals surface area (Å²) in [6.45, 7) is 5.48. The van der Waals surface area contributed by atoms with Crippen LogP contribution < -0.4 is 0 Å². The first-order valence-corrected chi connectivity index (χ1v) is 10.4. The molecular weight excluding hydrogens is 344 g/mol. The first-order valence-electron chi connectivity index (χ1n) is 9.34. The fraction of sp³-hybridized carbons (Fsp3) is 0.455. The molecule has 0 bridgehead atoms. The molecule has 0 spiro atoms. The van der Waals surface area contributed by atoms with Gasteiger partial charge < -0.3 is 14.2 Å². The van der Waals surface area contributed by atoms with Crippen molar-refractivity contribution in [3.8, 4) is 0 Å². The number of benzene rings is 2. The highest BCUT2D eigenvalue weighted by Crippen LogP contribution is 2.32. The molecule has 1 fully saturated rings. The molecule has 0 aromatic heterocycles. The summed E-state index contributed by atoms with van der Waals surface area (Å²) in [6.07, 6.45) is 1.01. The molecule has 0 saturated carbocycles. The van der Waals surface area contributed by atoms with E-state index in [0.29, 0.717) is 13.2 Å². The van der Waals surface area contributed by atoms with Gasteiger partial charge >= 0.3 is 0 Å². The first-order chi connectivity index (χ1) is 12.8. The molecule has 3 nitrogen and oxygen atoms in total. The summed E-state index contributed by atoms with van der Waals surface area (Å²) in [5.74, 6) is 1.01. The van der Waals surface area contributed by atoms with Crippen LogP contribution in [0.4, 0.5) is 0 Å². The highest BCUT2D eigenvalue weighted by atomic mass is 32.2. The van der Waals surface area contributed by atoms with Crippen molar-refractivity contribution in [2.45, 2.75) is 57.2 Å². The molecule has 0 aliphatic carbocycles. The zero-order valence-electron chi connectivity index (χ0n) is 15.5. The molecule has 1 saturated heterocycles. The van der Waals surface area contributed by atoms with Gasteiger partial charge in [0.15, 0.2) is 0 Å². The smallest absolute Gasteiger partial charge is 0.129 e. The summed E-state index contributed by atoms with van der Waals surface area (Å²) in [5.41, 5.74) is 2.44. The van der Waals surface area contributed by atoms with E-state index in [0.717, 1.165) is 12.2 Å². The van der Waals surface area contributed by atoms with Gasteiger partial charge in [-0.2, -0.15) is 0 Å². The van der Waals surface area contributed by atoms with Crippen molar-refractivity contribution in [2.24, 2.45) is 0 Å². The summed E-state index contributed by atoms with van der Waals surface area (Å²) >= 11 is 1.81. The Balaban J connectivity index is 1.58. The Labute approximate surface area is 161 Å². The topological polar surface area (TPSA) is 27.7 Å². The number of thioether (sulfide) groups is 1. The minimum atomic E-state index is 0.0390. The Morgan fingerprint density at radius 2 is 1.42 bits per heavy atom. The van der Waals surface area contributed by atoms with Crippen LogP contribution in [-0.4, -0.2) is 29.5 Å². The zero-order chi connectivity index (χ0) is 18.2. The number of ether oxygens (including phenoxy) is 3. The third kappa shape index (κ3) is 5.58. The second-order valence-electron chi connectivity index (χ2n) is 6.57. The van der Waals surface area contributed by atoms with Crippen molar-refractivity contribution in [3.63, 3.8) is 0 Å². The van der Waals surface area contributed by atoms with Crippen molar-refractivity contribution in [3.05, 3.63) is 71.8 Å². The van der Waals surface area contributed by atoms with Crippen molar-refractivity contribution in [2.75, 3.05) is 5.75 Å². The van der Waals surface area contributed by atoms with Crippen LogP contribution >= 0.6 is 11.8 Å². The van der Waals surface area contributed by atoms with Crippen LogP contribution in [0.2, 0.25) is 0 Å². The number of rotatable bonds is 8. The molecule has 4 atom stereocenters. The van der Waals surface area contributed by atoms with E-state index in [-0.39, 0.29) is 23.7 Å². The predicted octanol–water partition coefficient (Wildman–Crippen LogP) is 5.05. The normalized spacial score (nSPS) is 25.9. The van der Waals surface area contributed by atoms with Crippen LogP contribution in [0.1, 0.15) is 31.4 Å². The molecule has 0 N–H and O–H groups in total. The minimum absolute atomic E-state index is 0.0390. The standard InChI is InChI=1S/C22H28O3S/c1-3-26-22-21(24-16-19-12-8-5-9-13-19)14-20(17(2)25-22)23-15-18-10-6-4-7-11-18/h4-13,17,20-22H,3,14-16H2,1-2H3/t17-,20+,21+,22+/m1/s1. The van der Waals surface area contributed by atoms with E-state index in [1.54, 1.807) is 0 Å². The van der Waals surface area contributed by atoms with Crippen LogP contribution in [0.5, 0.6) is 0 Å². The van der Waals surface area contributed by atoms with E-state index in [1.807, 2.05) is 48.2 Å². The molecule has 3 rings (SSSR count). The highest BCUT2D eigenvalue weighted by molar-refractivity contribution is 7.99. The van der Waals surface area contributed by atoms with Gasteiger partial charge in [-0.15, -0.1) is 11.8 Å². The zero-order valence-corrected chi connectivity index (χ0v) is 16.4. The predicted molar refractivity (Wildman–Crippen MR) is 107 cm³/mol. The maximum Gasteiger partial charge on any atom is 0.129 e. The largest absolute Gasteiger partial charge is 0.371 e. The molecule has 1 heterocycles. The van der Waals surface area contributed by atoms with E-state index >= 15 is 0 Å². The van der Waals surface area contributed by atoms with Crippen LogP contribution in [0, 0.1) is 0 Å². The van der Waals surface area contributed by atoms with Crippen molar-refractivity contribution >= 4 is 11.8 Å². The van der Waals surface area contributed by atoms with Gasteiger partial charge in [-0.1, -0.05) is 67.6 Å². The van der Waals surface area contributed by atoms with Crippen LogP contribution in [0.25, 0.3) is 0 Å². The summed E-state index contributed by atoms with van der Waals surface area (Å²) in [6, 6.07) is 20.6. The van der Waals surface area contributed by atoms with Gasteiger partial charge in [0, 0.05) is 6.42 Å². The fourth-order valence-electron chi connectivity index (χ4n) is 3.13. The number of hydrogen-bond donors (Lipinski definition) is 0. The monoisotopic (exact) mass is 372 g/mol. The van der Waals surface area contributed by atoms with E-state index in [2.05, 4.69) is 38.1 Å². The van der Waals surface area contributed by atoms with E-state index in [1.165, 1.54) is 11.1 Å². The molecule has 1 aliphatic heterocycles. The lowest BCUT2D eigenvalue weighted by Gasteiger charge is -2.39. The fourth-order valence-corrected chi connectivity index (χ4v) is 4.12. The SMILES string of the molecule is CCS[C@@H]1O[C@H](C)[C@@H](OCc2ccccc2)C[C@@H]1OCc1ccccc1. The third-order valence-corrected chi connectivity index (χ3v) is 5.66. The van der Waals surface area contributed by atoms with Crippen molar-refractivity contribution in [1.82, 2.24) is 0 Å². The van der Waals surface area contributed by atoms with E-state index < -0.39 is 0 Å². The second kappa shape index (κ2) is 10.1. The van der Waals surface area contributed by atoms with Gasteiger partial charge in [-0.3, -0.25) is 0 Å². The van der Waals surface area contributed by atoms with Gasteiger partial charge in [-0.25, -0.2) is 0 Å². The minimum Gasteiger partial charge on any atom is -0.371 e. The third-order valence-electron chi connectivity index (χ3n) is 4.59. The lowest BCUT2D eigenvalue weighted by molar-refractivity contribution is -0.171. The molecule has 2 aromatic rings. The molecule has 0 amide bonds. The Morgan fingerprint density at radius 3 is 1.96 bits per heavy atom. The lowest BCUT2D eigenvalue weighted by atomic mass is 10.0. The van der Waals surface area contributed by atoms with E-state index in [9.17, 15) is 0 Å². The second-order valence-corrected chi connectivity index (χ2v) is 7.95. The Morgan fingerprint density at radius 1 is 0.885 bits per heavy atom. The molecule has 26 heavy (non-hydrogen) atoms. The quantitative estimate of drug-likeness (QED) is 0.648. The average Bonchev–Trinajstić information content (AvgIpc) is 2.68. The first kappa shape index (κ1) is 19.4. The van der Waals surface area contributed by atoms with Gasteiger partial charge in [0.1, 0.15) is 5.44 Å². The molecule has 4 heteroatoms. The van der Waals surface area contributed by atoms with Crippen LogP contribution in [0.15, 0.2) is 60.7 Å². The maximum absolute atomic E-state index is 6.24. The van der Waals surface area contributed by atoms with Crippen LogP contribution in [0.3, 0.4) is 0 Å². The van der Waals surface area contributed by atoms with Crippen molar-refractivity contribution in [1.29, 1.82) is 0 Å². The van der Waals surface area contributed by atoms with Gasteiger partial charge in [0.2, 0.25) is 0 Å². The molecule has 1 aliphatic rings. The van der Waals surface area contributed by atoms with Crippen molar-refractivity contribution < 1.29 is 14.2 Å². The summed E-state index contributed by atoms with van der Waals surface area (Å²) in [5, 5.41) is 0. The summed E-state index contributed by atoms with van der Waals surface area (Å²) < 4.78 is 18.7. The Bertz CT molecular complexity index is 634.